The van der Waals surface area contributed by atoms with Crippen LogP contribution < -0.4 is 10.0 Å². The lowest BCUT2D eigenvalue weighted by molar-refractivity contribution is 0.404. The molecule has 0 bridgehead atoms. The van der Waals surface area contributed by atoms with Crippen LogP contribution in [0, 0.1) is 23.4 Å². The van der Waals surface area contributed by atoms with Gasteiger partial charge >= 0.3 is 0 Å². The lowest BCUT2D eigenvalue weighted by Crippen LogP contribution is -2.35. The highest BCUT2D eigenvalue weighted by Crippen LogP contribution is 2.22. The predicted molar refractivity (Wildman–Crippen MR) is 69.3 cm³/mol. The van der Waals surface area contributed by atoms with Gasteiger partial charge in [-0.3, -0.25) is 4.72 Å². The van der Waals surface area contributed by atoms with E-state index in [9.17, 15) is 21.6 Å². The zero-order valence-electron chi connectivity index (χ0n) is 10.6. The zero-order valence-corrected chi connectivity index (χ0v) is 11.4. The van der Waals surface area contributed by atoms with E-state index in [0.29, 0.717) is 12.6 Å². The molecule has 112 valence electrons. The van der Waals surface area contributed by atoms with Gasteiger partial charge in [-0.05, 0) is 44.0 Å². The van der Waals surface area contributed by atoms with Crippen molar-refractivity contribution in [2.24, 2.45) is 5.92 Å². The molecule has 1 aliphatic rings. The standard InChI is InChI=1S/C12H15F3N2O2S/c13-9-3-4-10(12(15)11(9)14)17-20(18,19)7-8-2-1-5-16-6-8/h3-4,8,16-17H,1-2,5-7H2. The maximum absolute atomic E-state index is 13.4. The Hall–Kier alpha value is -1.28. The maximum Gasteiger partial charge on any atom is 0.233 e. The van der Waals surface area contributed by atoms with Crippen LogP contribution in [0.15, 0.2) is 12.1 Å². The number of nitrogens with one attached hydrogen (secondary N) is 2. The smallest absolute Gasteiger partial charge is 0.233 e. The molecule has 1 aromatic rings. The summed E-state index contributed by atoms with van der Waals surface area (Å²) in [6.45, 7) is 1.42. The summed E-state index contributed by atoms with van der Waals surface area (Å²) in [5.41, 5.74) is -0.576. The highest BCUT2D eigenvalue weighted by molar-refractivity contribution is 7.92. The molecule has 1 heterocycles. The molecule has 2 rings (SSSR count). The van der Waals surface area contributed by atoms with Crippen molar-refractivity contribution in [3.05, 3.63) is 29.6 Å². The van der Waals surface area contributed by atoms with Crippen LogP contribution in [0.1, 0.15) is 12.8 Å². The van der Waals surface area contributed by atoms with Gasteiger partial charge in [-0.2, -0.15) is 0 Å². The first-order valence-corrected chi connectivity index (χ1v) is 7.89. The molecule has 0 radical (unpaired) electrons. The Morgan fingerprint density at radius 1 is 1.25 bits per heavy atom. The van der Waals surface area contributed by atoms with E-state index < -0.39 is 33.2 Å². The highest BCUT2D eigenvalue weighted by Gasteiger charge is 2.23. The van der Waals surface area contributed by atoms with E-state index in [1.54, 1.807) is 0 Å². The van der Waals surface area contributed by atoms with Gasteiger partial charge in [-0.15, -0.1) is 0 Å². The topological polar surface area (TPSA) is 58.2 Å². The third-order valence-corrected chi connectivity index (χ3v) is 4.60. The number of sulfonamides is 1. The van der Waals surface area contributed by atoms with Crippen LogP contribution in [0.25, 0.3) is 0 Å². The molecule has 1 aliphatic heterocycles. The average molecular weight is 308 g/mol. The van der Waals surface area contributed by atoms with Gasteiger partial charge in [0.1, 0.15) is 0 Å². The van der Waals surface area contributed by atoms with Gasteiger partial charge in [0.25, 0.3) is 0 Å². The van der Waals surface area contributed by atoms with E-state index >= 15 is 0 Å². The van der Waals surface area contributed by atoms with Crippen LogP contribution in [0.5, 0.6) is 0 Å². The van der Waals surface area contributed by atoms with E-state index in [1.165, 1.54) is 0 Å². The van der Waals surface area contributed by atoms with Crippen molar-refractivity contribution in [2.45, 2.75) is 12.8 Å². The number of hydrogen-bond donors (Lipinski definition) is 2. The lowest BCUT2D eigenvalue weighted by atomic mass is 10.0. The molecule has 1 saturated heterocycles. The molecule has 2 N–H and O–H groups in total. The fraction of sp³-hybridized carbons (Fsp3) is 0.500. The van der Waals surface area contributed by atoms with Crippen LogP contribution in [-0.2, 0) is 10.0 Å². The Balaban J connectivity index is 2.10. The highest BCUT2D eigenvalue weighted by atomic mass is 32.2. The first-order valence-electron chi connectivity index (χ1n) is 6.24. The predicted octanol–water partition coefficient (Wildman–Crippen LogP) is 1.85. The molecule has 8 heteroatoms. The number of rotatable bonds is 4. The number of hydrogen-bond acceptors (Lipinski definition) is 3. The van der Waals surface area contributed by atoms with Gasteiger partial charge < -0.3 is 5.32 Å². The Morgan fingerprint density at radius 2 is 2.00 bits per heavy atom. The molecular weight excluding hydrogens is 293 g/mol. The number of anilines is 1. The summed E-state index contributed by atoms with van der Waals surface area (Å²) in [5.74, 6) is -4.84. The van der Waals surface area contributed by atoms with Crippen LogP contribution in [-0.4, -0.2) is 27.3 Å². The summed E-state index contributed by atoms with van der Waals surface area (Å²) < 4.78 is 65.0. The van der Waals surface area contributed by atoms with Crippen molar-refractivity contribution in [3.8, 4) is 0 Å². The van der Waals surface area contributed by atoms with Crippen LogP contribution in [0.4, 0.5) is 18.9 Å². The van der Waals surface area contributed by atoms with E-state index in [2.05, 4.69) is 5.32 Å². The minimum Gasteiger partial charge on any atom is -0.316 e. The summed E-state index contributed by atoms with van der Waals surface area (Å²) in [7, 11) is -3.81. The van der Waals surface area contributed by atoms with Gasteiger partial charge in [0, 0.05) is 0 Å². The molecule has 1 unspecified atom stereocenters. The van der Waals surface area contributed by atoms with Crippen molar-refractivity contribution < 1.29 is 21.6 Å². The van der Waals surface area contributed by atoms with Crippen molar-refractivity contribution in [2.75, 3.05) is 23.6 Å². The van der Waals surface area contributed by atoms with Gasteiger partial charge in [-0.1, -0.05) is 0 Å². The molecular formula is C12H15F3N2O2S. The largest absolute Gasteiger partial charge is 0.316 e. The lowest BCUT2D eigenvalue weighted by Gasteiger charge is -2.22. The first-order chi connectivity index (χ1) is 9.39. The Morgan fingerprint density at radius 3 is 2.65 bits per heavy atom. The fourth-order valence-electron chi connectivity index (χ4n) is 2.19. The number of piperidine rings is 1. The molecule has 0 saturated carbocycles. The zero-order chi connectivity index (χ0) is 14.8. The van der Waals surface area contributed by atoms with Crippen molar-refractivity contribution in [3.63, 3.8) is 0 Å². The van der Waals surface area contributed by atoms with Gasteiger partial charge in [0.05, 0.1) is 11.4 Å². The summed E-state index contributed by atoms with van der Waals surface area (Å²) in [6, 6.07) is 1.54. The Bertz CT molecular complexity index is 587. The molecule has 4 nitrogen and oxygen atoms in total. The molecule has 1 fully saturated rings. The second-order valence-corrected chi connectivity index (χ2v) is 6.59. The van der Waals surface area contributed by atoms with Crippen LogP contribution in [0.2, 0.25) is 0 Å². The van der Waals surface area contributed by atoms with Crippen LogP contribution in [0.3, 0.4) is 0 Å². The van der Waals surface area contributed by atoms with Gasteiger partial charge in [0.15, 0.2) is 17.5 Å². The van der Waals surface area contributed by atoms with Gasteiger partial charge in [0.2, 0.25) is 10.0 Å². The van der Waals surface area contributed by atoms with Crippen molar-refractivity contribution in [1.82, 2.24) is 5.32 Å². The second-order valence-electron chi connectivity index (χ2n) is 4.82. The third kappa shape index (κ3) is 3.63. The SMILES string of the molecule is O=S(=O)(CC1CCCNC1)Nc1ccc(F)c(F)c1F. The normalized spacial score (nSPS) is 19.9. The van der Waals surface area contributed by atoms with Crippen molar-refractivity contribution in [1.29, 1.82) is 0 Å². The van der Waals surface area contributed by atoms with Gasteiger partial charge in [-0.25, -0.2) is 21.6 Å². The molecule has 0 spiro atoms. The summed E-state index contributed by atoms with van der Waals surface area (Å²) in [6.07, 6.45) is 1.63. The minimum atomic E-state index is -3.81. The van der Waals surface area contributed by atoms with E-state index in [0.717, 1.165) is 25.5 Å². The van der Waals surface area contributed by atoms with E-state index in [-0.39, 0.29) is 11.7 Å². The summed E-state index contributed by atoms with van der Waals surface area (Å²) in [5, 5.41) is 3.07. The second kappa shape index (κ2) is 6.01. The van der Waals surface area contributed by atoms with Crippen LogP contribution >= 0.6 is 0 Å². The molecule has 0 aliphatic carbocycles. The molecule has 0 aromatic heterocycles. The molecule has 1 aromatic carbocycles. The fourth-order valence-corrected chi connectivity index (χ4v) is 3.67. The number of halogens is 3. The quantitative estimate of drug-likeness (QED) is 0.835. The monoisotopic (exact) mass is 308 g/mol. The van der Waals surface area contributed by atoms with E-state index in [1.807, 2.05) is 4.72 Å². The third-order valence-electron chi connectivity index (χ3n) is 3.15. The molecule has 0 amide bonds. The number of benzene rings is 1. The Labute approximate surface area is 115 Å². The minimum absolute atomic E-state index is 0.0744. The first kappa shape index (κ1) is 15.1. The molecule has 20 heavy (non-hydrogen) atoms. The van der Waals surface area contributed by atoms with E-state index in [4.69, 9.17) is 0 Å². The maximum atomic E-state index is 13.4. The summed E-state index contributed by atoms with van der Waals surface area (Å²) >= 11 is 0. The average Bonchev–Trinajstić information content (AvgIpc) is 2.40. The van der Waals surface area contributed by atoms with Crippen molar-refractivity contribution >= 4 is 15.7 Å². The Kier molecular flexibility index (Phi) is 4.54. The molecule has 1 atom stereocenters. The summed E-state index contributed by atoms with van der Waals surface area (Å²) in [4.78, 5) is 0.